The Labute approximate surface area is 171 Å². The Kier molecular flexibility index (Phi) is 4.95. The highest BCUT2D eigenvalue weighted by atomic mass is 32.1. The van der Waals surface area contributed by atoms with Crippen LogP contribution in [0.5, 0.6) is 0 Å². The molecule has 2 aromatic heterocycles. The first-order valence-electron chi connectivity index (χ1n) is 8.39. The van der Waals surface area contributed by atoms with Crippen molar-refractivity contribution in [3.8, 4) is 0 Å². The Hall–Kier alpha value is -3.37. The second-order valence-electron chi connectivity index (χ2n) is 5.99. The summed E-state index contributed by atoms with van der Waals surface area (Å²) in [5.74, 6) is -1.07. The van der Waals surface area contributed by atoms with Gasteiger partial charge in [-0.1, -0.05) is 53.0 Å². The summed E-state index contributed by atoms with van der Waals surface area (Å²) in [4.78, 5) is 39.5. The molecule has 0 saturated heterocycles. The van der Waals surface area contributed by atoms with Crippen LogP contribution in [-0.4, -0.2) is 28.5 Å². The van der Waals surface area contributed by atoms with Crippen LogP contribution < -0.4 is 4.80 Å². The number of thiazole rings is 1. The zero-order valence-electron chi connectivity index (χ0n) is 15.0. The van der Waals surface area contributed by atoms with Gasteiger partial charge in [0.05, 0.1) is 22.2 Å². The molecule has 0 spiro atoms. The lowest BCUT2D eigenvalue weighted by atomic mass is 10.1. The molecule has 0 atom stereocenters. The van der Waals surface area contributed by atoms with Gasteiger partial charge in [0.15, 0.2) is 4.80 Å². The molecule has 4 rings (SSSR count). The predicted molar refractivity (Wildman–Crippen MR) is 110 cm³/mol. The van der Waals surface area contributed by atoms with Crippen molar-refractivity contribution in [1.82, 2.24) is 4.57 Å². The monoisotopic (exact) mass is 427 g/mol. The third-order valence-corrected chi connectivity index (χ3v) is 6.42. The molecule has 0 aliphatic rings. The molecule has 8 nitrogen and oxygen atoms in total. The Morgan fingerprint density at radius 3 is 2.66 bits per heavy atom. The van der Waals surface area contributed by atoms with Gasteiger partial charge in [-0.05, 0) is 17.5 Å². The first-order chi connectivity index (χ1) is 14.0. The second-order valence-corrected chi connectivity index (χ2v) is 8.03. The van der Waals surface area contributed by atoms with Gasteiger partial charge in [0.2, 0.25) is 0 Å². The number of carbonyl (C=O) groups excluding carboxylic acids is 2. The fraction of sp³-hybridized carbons (Fsp3) is 0.105. The predicted octanol–water partition coefficient (Wildman–Crippen LogP) is 3.74. The van der Waals surface area contributed by atoms with E-state index in [1.165, 1.54) is 30.6 Å². The van der Waals surface area contributed by atoms with Crippen LogP contribution in [0.15, 0.2) is 53.5 Å². The topological polar surface area (TPSA) is 104 Å². The van der Waals surface area contributed by atoms with Gasteiger partial charge in [0.1, 0.15) is 11.4 Å². The van der Waals surface area contributed by atoms with E-state index in [1.807, 2.05) is 36.4 Å². The van der Waals surface area contributed by atoms with Crippen LogP contribution in [0.3, 0.4) is 0 Å². The van der Waals surface area contributed by atoms with Crippen LogP contribution in [0.25, 0.3) is 21.0 Å². The summed E-state index contributed by atoms with van der Waals surface area (Å²) in [5, 5.41) is 12.7. The Morgan fingerprint density at radius 2 is 1.93 bits per heavy atom. The highest BCUT2D eigenvalue weighted by Gasteiger charge is 2.17. The number of fused-ring (bicyclic) bond motifs is 3. The molecule has 0 radical (unpaired) electrons. The van der Waals surface area contributed by atoms with Crippen molar-refractivity contribution in [3.63, 3.8) is 0 Å². The number of nitro groups is 1. The number of rotatable bonds is 4. The number of hydrogen-bond acceptors (Lipinski definition) is 7. The van der Waals surface area contributed by atoms with E-state index in [2.05, 4.69) is 4.99 Å². The van der Waals surface area contributed by atoms with Crippen molar-refractivity contribution in [2.24, 2.45) is 4.99 Å². The second kappa shape index (κ2) is 7.57. The lowest BCUT2D eigenvalue weighted by Crippen LogP contribution is -2.22. The SMILES string of the molecule is COC(=O)Cn1c(=NC(=O)c2ccc([N+](=O)[O-])s2)sc2c3ccccc3ccc21. The summed E-state index contributed by atoms with van der Waals surface area (Å²) in [6.07, 6.45) is 0. The van der Waals surface area contributed by atoms with Crippen molar-refractivity contribution in [1.29, 1.82) is 0 Å². The first-order valence-corrected chi connectivity index (χ1v) is 10.0. The molecular formula is C19H13N3O5S2. The number of benzene rings is 2. The molecule has 2 aromatic carbocycles. The van der Waals surface area contributed by atoms with Crippen LogP contribution in [0.1, 0.15) is 9.67 Å². The number of nitrogens with zero attached hydrogens (tertiary/aromatic N) is 3. The average molecular weight is 427 g/mol. The number of ether oxygens (including phenoxy) is 1. The average Bonchev–Trinajstić information content (AvgIpc) is 3.34. The fourth-order valence-corrected chi connectivity index (χ4v) is 4.78. The Balaban J connectivity index is 1.91. The van der Waals surface area contributed by atoms with E-state index in [-0.39, 0.29) is 16.4 Å². The van der Waals surface area contributed by atoms with E-state index in [4.69, 9.17) is 4.74 Å². The third-order valence-electron chi connectivity index (χ3n) is 4.27. The third kappa shape index (κ3) is 3.55. The van der Waals surface area contributed by atoms with Crippen molar-refractivity contribution in [2.45, 2.75) is 6.54 Å². The number of amides is 1. The lowest BCUT2D eigenvalue weighted by molar-refractivity contribution is -0.380. The normalized spacial score (nSPS) is 11.8. The molecule has 4 aromatic rings. The van der Waals surface area contributed by atoms with Gasteiger partial charge in [-0.15, -0.1) is 0 Å². The molecule has 2 heterocycles. The lowest BCUT2D eigenvalue weighted by Gasteiger charge is -2.04. The number of thiophene rings is 1. The van der Waals surface area contributed by atoms with E-state index in [1.54, 1.807) is 4.57 Å². The van der Waals surface area contributed by atoms with Gasteiger partial charge in [-0.3, -0.25) is 19.7 Å². The van der Waals surface area contributed by atoms with Crippen molar-refractivity contribution in [2.75, 3.05) is 7.11 Å². The molecular weight excluding hydrogens is 414 g/mol. The Morgan fingerprint density at radius 1 is 1.14 bits per heavy atom. The van der Waals surface area contributed by atoms with Gasteiger partial charge in [0, 0.05) is 11.5 Å². The molecule has 146 valence electrons. The van der Waals surface area contributed by atoms with Gasteiger partial charge >= 0.3 is 11.0 Å². The van der Waals surface area contributed by atoms with Gasteiger partial charge in [-0.25, -0.2) is 0 Å². The summed E-state index contributed by atoms with van der Waals surface area (Å²) in [5.41, 5.74) is 0.753. The van der Waals surface area contributed by atoms with Crippen molar-refractivity contribution < 1.29 is 19.2 Å². The molecule has 29 heavy (non-hydrogen) atoms. The summed E-state index contributed by atoms with van der Waals surface area (Å²) >= 11 is 2.04. The number of carbonyl (C=O) groups is 2. The molecule has 0 fully saturated rings. The zero-order valence-corrected chi connectivity index (χ0v) is 16.7. The number of esters is 1. The molecule has 0 N–H and O–H groups in total. The smallest absolute Gasteiger partial charge is 0.325 e. The van der Waals surface area contributed by atoms with Crippen LogP contribution in [0, 0.1) is 10.1 Å². The van der Waals surface area contributed by atoms with Gasteiger partial charge < -0.3 is 9.30 Å². The van der Waals surface area contributed by atoms with Crippen LogP contribution in [0.4, 0.5) is 5.00 Å². The maximum Gasteiger partial charge on any atom is 0.325 e. The minimum absolute atomic E-state index is 0.106. The van der Waals surface area contributed by atoms with Crippen molar-refractivity contribution >= 4 is 60.5 Å². The van der Waals surface area contributed by atoms with Crippen LogP contribution >= 0.6 is 22.7 Å². The maximum atomic E-state index is 12.6. The standard InChI is InChI=1S/C19H13N3O5S2/c1-27-16(23)10-21-13-7-6-11-4-2-3-5-12(11)17(13)29-19(21)20-18(24)14-8-9-15(28-14)22(25)26/h2-9H,10H2,1H3. The fourth-order valence-electron chi connectivity index (χ4n) is 2.91. The molecule has 0 aliphatic heterocycles. The molecule has 0 saturated carbocycles. The highest BCUT2D eigenvalue weighted by Crippen LogP contribution is 2.28. The summed E-state index contributed by atoms with van der Waals surface area (Å²) in [6.45, 7) is -0.106. The van der Waals surface area contributed by atoms with Gasteiger partial charge in [0.25, 0.3) is 5.91 Å². The quantitative estimate of drug-likeness (QED) is 0.280. The van der Waals surface area contributed by atoms with E-state index < -0.39 is 16.8 Å². The van der Waals surface area contributed by atoms with Crippen molar-refractivity contribution in [3.05, 3.63) is 68.3 Å². The summed E-state index contributed by atoms with van der Waals surface area (Å²) < 4.78 is 7.29. The highest BCUT2D eigenvalue weighted by molar-refractivity contribution is 7.18. The maximum absolute atomic E-state index is 12.6. The van der Waals surface area contributed by atoms with Crippen LogP contribution in [-0.2, 0) is 16.1 Å². The van der Waals surface area contributed by atoms with E-state index in [0.717, 1.165) is 32.3 Å². The minimum atomic E-state index is -0.599. The largest absolute Gasteiger partial charge is 0.468 e. The molecule has 10 heteroatoms. The van der Waals surface area contributed by atoms with Gasteiger partial charge in [-0.2, -0.15) is 4.99 Å². The molecule has 0 aliphatic carbocycles. The minimum Gasteiger partial charge on any atom is -0.468 e. The first kappa shape index (κ1) is 19.0. The molecule has 1 amide bonds. The number of hydrogen-bond donors (Lipinski definition) is 0. The number of methoxy groups -OCH3 is 1. The summed E-state index contributed by atoms with van der Waals surface area (Å²) in [6, 6.07) is 14.2. The van der Waals surface area contributed by atoms with E-state index in [0.29, 0.717) is 4.80 Å². The van der Waals surface area contributed by atoms with E-state index in [9.17, 15) is 19.7 Å². The Bertz CT molecular complexity index is 1350. The molecule has 0 unspecified atom stereocenters. The summed E-state index contributed by atoms with van der Waals surface area (Å²) in [7, 11) is 1.29. The van der Waals surface area contributed by atoms with Crippen LogP contribution in [0.2, 0.25) is 0 Å². The molecule has 0 bridgehead atoms. The number of aromatic nitrogens is 1. The van der Waals surface area contributed by atoms with E-state index >= 15 is 0 Å². The zero-order chi connectivity index (χ0) is 20.5.